The number of hydrogen-bond acceptors (Lipinski definition) is 5. The van der Waals surface area contributed by atoms with E-state index in [1.54, 1.807) is 18.2 Å². The van der Waals surface area contributed by atoms with Gasteiger partial charge in [-0.25, -0.2) is 9.97 Å². The molecule has 2 aromatic carbocycles. The van der Waals surface area contributed by atoms with Crippen LogP contribution < -0.4 is 5.32 Å². The van der Waals surface area contributed by atoms with Gasteiger partial charge < -0.3 is 15.2 Å². The highest BCUT2D eigenvalue weighted by molar-refractivity contribution is 5.97. The highest BCUT2D eigenvalue weighted by Gasteiger charge is 2.13. The maximum absolute atomic E-state index is 12.2. The first-order valence-electron chi connectivity index (χ1n) is 9.43. The van der Waals surface area contributed by atoms with Gasteiger partial charge in [-0.05, 0) is 37.5 Å². The van der Waals surface area contributed by atoms with Gasteiger partial charge in [0, 0.05) is 24.7 Å². The van der Waals surface area contributed by atoms with E-state index in [2.05, 4.69) is 5.32 Å². The predicted molar refractivity (Wildman–Crippen MR) is 110 cm³/mol. The van der Waals surface area contributed by atoms with E-state index in [0.29, 0.717) is 35.9 Å². The van der Waals surface area contributed by atoms with E-state index in [-0.39, 0.29) is 19.1 Å². The number of aromatic nitrogens is 2. The molecule has 0 bridgehead atoms. The SMILES string of the molecule is COCNC(=O)c1ccc2nc(-c3ccccc3)c(CCCCC(=O)O)nc2c1. The van der Waals surface area contributed by atoms with E-state index >= 15 is 0 Å². The summed E-state index contributed by atoms with van der Waals surface area (Å²) in [7, 11) is 1.51. The Morgan fingerprint density at radius 3 is 2.55 bits per heavy atom. The monoisotopic (exact) mass is 393 g/mol. The van der Waals surface area contributed by atoms with Crippen LogP contribution in [-0.2, 0) is 16.0 Å². The third kappa shape index (κ3) is 5.36. The lowest BCUT2D eigenvalue weighted by Crippen LogP contribution is -2.25. The van der Waals surface area contributed by atoms with Crippen LogP contribution in [0.1, 0.15) is 35.3 Å². The molecule has 3 rings (SSSR count). The lowest BCUT2D eigenvalue weighted by molar-refractivity contribution is -0.137. The minimum absolute atomic E-state index is 0.129. The lowest BCUT2D eigenvalue weighted by Gasteiger charge is -2.11. The molecule has 2 N–H and O–H groups in total. The van der Waals surface area contributed by atoms with Crippen LogP contribution in [0.25, 0.3) is 22.3 Å². The van der Waals surface area contributed by atoms with Crippen LogP contribution in [0.5, 0.6) is 0 Å². The molecule has 3 aromatic rings. The Morgan fingerprint density at radius 1 is 1.03 bits per heavy atom. The van der Waals surface area contributed by atoms with Crippen molar-refractivity contribution in [3.05, 3.63) is 59.8 Å². The van der Waals surface area contributed by atoms with E-state index in [1.165, 1.54) is 7.11 Å². The van der Waals surface area contributed by atoms with Crippen molar-refractivity contribution in [1.29, 1.82) is 0 Å². The number of carbonyl (C=O) groups is 2. The fourth-order valence-corrected chi connectivity index (χ4v) is 3.04. The van der Waals surface area contributed by atoms with Crippen molar-refractivity contribution in [3.8, 4) is 11.3 Å². The third-order valence-electron chi connectivity index (χ3n) is 4.48. The molecule has 0 radical (unpaired) electrons. The number of unbranched alkanes of at least 4 members (excludes halogenated alkanes) is 1. The van der Waals surface area contributed by atoms with Gasteiger partial charge in [-0.1, -0.05) is 30.3 Å². The van der Waals surface area contributed by atoms with Crippen molar-refractivity contribution in [2.75, 3.05) is 13.8 Å². The number of aryl methyl sites for hydroxylation is 1. The first kappa shape index (κ1) is 20.4. The van der Waals surface area contributed by atoms with Crippen LogP contribution in [0.4, 0.5) is 0 Å². The molecule has 0 fully saturated rings. The van der Waals surface area contributed by atoms with Crippen molar-refractivity contribution in [2.45, 2.75) is 25.7 Å². The number of carboxylic acid groups (broad SMARTS) is 1. The van der Waals surface area contributed by atoms with Crippen LogP contribution in [-0.4, -0.2) is 40.8 Å². The number of methoxy groups -OCH3 is 1. The summed E-state index contributed by atoms with van der Waals surface area (Å²) in [6.07, 6.45) is 2.01. The van der Waals surface area contributed by atoms with Crippen molar-refractivity contribution in [3.63, 3.8) is 0 Å². The van der Waals surface area contributed by atoms with Crippen LogP contribution >= 0.6 is 0 Å². The molecule has 0 aliphatic carbocycles. The summed E-state index contributed by atoms with van der Waals surface area (Å²) >= 11 is 0. The van der Waals surface area contributed by atoms with Crippen molar-refractivity contribution in [1.82, 2.24) is 15.3 Å². The Morgan fingerprint density at radius 2 is 1.83 bits per heavy atom. The standard InChI is InChI=1S/C22H23N3O4/c1-29-14-23-22(28)16-11-12-17-19(13-16)24-18(9-5-6-10-20(26)27)21(25-17)15-7-3-2-4-8-15/h2-4,7-8,11-13H,5-6,9-10,14H2,1H3,(H,23,28)(H,26,27). The molecule has 0 unspecified atom stereocenters. The van der Waals surface area contributed by atoms with Crippen LogP contribution in [0.3, 0.4) is 0 Å². The molecule has 1 amide bonds. The van der Waals surface area contributed by atoms with Gasteiger partial charge in [0.05, 0.1) is 22.4 Å². The van der Waals surface area contributed by atoms with Crippen LogP contribution in [0.2, 0.25) is 0 Å². The number of aliphatic carboxylic acids is 1. The highest BCUT2D eigenvalue weighted by Crippen LogP contribution is 2.25. The van der Waals surface area contributed by atoms with E-state index in [4.69, 9.17) is 19.8 Å². The van der Waals surface area contributed by atoms with Gasteiger partial charge in [0.15, 0.2) is 0 Å². The van der Waals surface area contributed by atoms with Gasteiger partial charge in [-0.2, -0.15) is 0 Å². The second-order valence-corrected chi connectivity index (χ2v) is 6.63. The molecule has 29 heavy (non-hydrogen) atoms. The average Bonchev–Trinajstić information content (AvgIpc) is 2.74. The smallest absolute Gasteiger partial charge is 0.303 e. The molecule has 7 nitrogen and oxygen atoms in total. The first-order chi connectivity index (χ1) is 14.1. The van der Waals surface area contributed by atoms with Gasteiger partial charge in [-0.3, -0.25) is 9.59 Å². The van der Waals surface area contributed by atoms with Crippen molar-refractivity contribution in [2.24, 2.45) is 0 Å². The lowest BCUT2D eigenvalue weighted by atomic mass is 10.0. The molecule has 1 heterocycles. The number of carbonyl (C=O) groups excluding carboxylic acids is 1. The Bertz CT molecular complexity index is 1010. The van der Waals surface area contributed by atoms with Gasteiger partial charge in [0.2, 0.25) is 0 Å². The van der Waals surface area contributed by atoms with E-state index < -0.39 is 5.97 Å². The van der Waals surface area contributed by atoms with E-state index in [0.717, 1.165) is 17.0 Å². The fraction of sp³-hybridized carbons (Fsp3) is 0.273. The zero-order chi connectivity index (χ0) is 20.6. The number of carboxylic acids is 1. The highest BCUT2D eigenvalue weighted by atomic mass is 16.5. The maximum Gasteiger partial charge on any atom is 0.303 e. The summed E-state index contributed by atoms with van der Waals surface area (Å²) in [6, 6.07) is 15.0. The topological polar surface area (TPSA) is 101 Å². The van der Waals surface area contributed by atoms with Crippen molar-refractivity contribution < 1.29 is 19.4 Å². The normalized spacial score (nSPS) is 10.8. The minimum Gasteiger partial charge on any atom is -0.481 e. The molecule has 0 aliphatic heterocycles. The Hall–Kier alpha value is -3.32. The molecular weight excluding hydrogens is 370 g/mol. The maximum atomic E-state index is 12.2. The molecule has 0 saturated heterocycles. The largest absolute Gasteiger partial charge is 0.481 e. The minimum atomic E-state index is -0.801. The Labute approximate surface area is 168 Å². The van der Waals surface area contributed by atoms with Crippen LogP contribution in [0, 0.1) is 0 Å². The van der Waals surface area contributed by atoms with Gasteiger partial charge in [0.25, 0.3) is 5.91 Å². The molecule has 1 aromatic heterocycles. The predicted octanol–water partition coefficient (Wildman–Crippen LogP) is 3.43. The summed E-state index contributed by atoms with van der Waals surface area (Å²) in [4.78, 5) is 32.5. The average molecular weight is 393 g/mol. The van der Waals surface area contributed by atoms with Crippen LogP contribution in [0.15, 0.2) is 48.5 Å². The van der Waals surface area contributed by atoms with Gasteiger partial charge >= 0.3 is 5.97 Å². The second-order valence-electron chi connectivity index (χ2n) is 6.63. The number of amides is 1. The summed E-state index contributed by atoms with van der Waals surface area (Å²) in [5.74, 6) is -1.05. The quantitative estimate of drug-likeness (QED) is 0.427. The van der Waals surface area contributed by atoms with Gasteiger partial charge in [-0.15, -0.1) is 0 Å². The summed E-state index contributed by atoms with van der Waals surface area (Å²) in [5.41, 5.74) is 4.34. The molecule has 7 heteroatoms. The number of hydrogen-bond donors (Lipinski definition) is 2. The van der Waals surface area contributed by atoms with E-state index in [9.17, 15) is 9.59 Å². The number of fused-ring (bicyclic) bond motifs is 1. The van der Waals surface area contributed by atoms with E-state index in [1.807, 2.05) is 30.3 Å². The summed E-state index contributed by atoms with van der Waals surface area (Å²) in [6.45, 7) is 0.129. The zero-order valence-electron chi connectivity index (χ0n) is 16.2. The van der Waals surface area contributed by atoms with Gasteiger partial charge in [0.1, 0.15) is 6.73 Å². The fourth-order valence-electron chi connectivity index (χ4n) is 3.04. The third-order valence-corrected chi connectivity index (χ3v) is 4.48. The molecule has 150 valence electrons. The number of ether oxygens (including phenoxy) is 1. The molecule has 0 spiro atoms. The molecular formula is C22H23N3O4. The Kier molecular flexibility index (Phi) is 6.86. The summed E-state index contributed by atoms with van der Waals surface area (Å²) in [5, 5.41) is 11.5. The first-order valence-corrected chi connectivity index (χ1v) is 9.43. The molecule has 0 saturated carbocycles. The second kappa shape index (κ2) is 9.75. The number of benzene rings is 2. The number of nitrogens with zero attached hydrogens (tertiary/aromatic N) is 2. The molecule has 0 atom stereocenters. The number of rotatable bonds is 9. The van der Waals surface area contributed by atoms with Crippen molar-refractivity contribution >= 4 is 22.9 Å². The number of nitrogens with one attached hydrogen (secondary N) is 1. The molecule has 0 aliphatic rings. The Balaban J connectivity index is 1.95. The zero-order valence-corrected chi connectivity index (χ0v) is 16.2. The summed E-state index contributed by atoms with van der Waals surface area (Å²) < 4.78 is 4.88.